The highest BCUT2D eigenvalue weighted by molar-refractivity contribution is 9.11. The van der Waals surface area contributed by atoms with Crippen LogP contribution < -0.4 is 11.1 Å². The number of carbonyl (C=O) groups excluding carboxylic acids is 1. The molecule has 2 aromatic rings. The Morgan fingerprint density at radius 3 is 2.57 bits per heavy atom. The van der Waals surface area contributed by atoms with Crippen LogP contribution >= 0.6 is 39.5 Å². The molecule has 110 valence electrons. The topological polar surface area (TPSA) is 55.1 Å². The van der Waals surface area contributed by atoms with E-state index in [1.165, 1.54) is 4.88 Å². The fraction of sp³-hybridized carbons (Fsp3) is 0.200. The lowest BCUT2D eigenvalue weighted by Crippen LogP contribution is -2.37. The van der Waals surface area contributed by atoms with E-state index in [9.17, 15) is 4.79 Å². The van der Waals surface area contributed by atoms with Crippen molar-refractivity contribution in [2.75, 3.05) is 6.54 Å². The van der Waals surface area contributed by atoms with E-state index in [-0.39, 0.29) is 10.9 Å². The summed E-state index contributed by atoms with van der Waals surface area (Å²) >= 11 is 10.1. The van der Waals surface area contributed by atoms with Crippen LogP contribution in [0.1, 0.15) is 16.4 Å². The maximum absolute atomic E-state index is 12.3. The van der Waals surface area contributed by atoms with E-state index in [4.69, 9.17) is 18.0 Å². The summed E-state index contributed by atoms with van der Waals surface area (Å²) in [5.41, 5.74) is 6.54. The van der Waals surface area contributed by atoms with Crippen LogP contribution in [0.3, 0.4) is 0 Å². The van der Waals surface area contributed by atoms with Crippen molar-refractivity contribution < 1.29 is 4.79 Å². The van der Waals surface area contributed by atoms with E-state index in [1.807, 2.05) is 42.5 Å². The number of thiophene rings is 1. The van der Waals surface area contributed by atoms with Gasteiger partial charge in [0.05, 0.1) is 8.77 Å². The minimum Gasteiger partial charge on any atom is -0.392 e. The number of nitrogens with two attached hydrogens (primary N) is 1. The molecule has 1 aromatic heterocycles. The number of hydrogen-bond acceptors (Lipinski definition) is 3. The number of amides is 1. The van der Waals surface area contributed by atoms with Gasteiger partial charge in [-0.2, -0.15) is 0 Å². The zero-order valence-corrected chi connectivity index (χ0v) is 14.4. The van der Waals surface area contributed by atoms with Gasteiger partial charge in [-0.25, -0.2) is 0 Å². The van der Waals surface area contributed by atoms with E-state index in [2.05, 4.69) is 21.2 Å². The first-order valence-corrected chi connectivity index (χ1v) is 8.46. The normalized spacial score (nSPS) is 11.9. The Kier molecular flexibility index (Phi) is 5.90. The summed E-state index contributed by atoms with van der Waals surface area (Å²) in [4.78, 5) is 13.7. The van der Waals surface area contributed by atoms with Crippen LogP contribution in [0.15, 0.2) is 46.3 Å². The Balaban J connectivity index is 1.95. The second kappa shape index (κ2) is 7.68. The van der Waals surface area contributed by atoms with Crippen LogP contribution in [0.5, 0.6) is 0 Å². The van der Waals surface area contributed by atoms with Gasteiger partial charge in [0, 0.05) is 11.4 Å². The lowest BCUT2D eigenvalue weighted by atomic mass is 9.98. The van der Waals surface area contributed by atoms with Gasteiger partial charge in [0.25, 0.3) is 0 Å². The summed E-state index contributed by atoms with van der Waals surface area (Å²) in [7, 11) is 0. The molecule has 0 radical (unpaired) electrons. The third-order valence-electron chi connectivity index (χ3n) is 2.98. The molecule has 3 nitrogen and oxygen atoms in total. The Morgan fingerprint density at radius 1 is 1.29 bits per heavy atom. The molecular formula is C15H15BrN2OS2. The Morgan fingerprint density at radius 2 is 2.00 bits per heavy atom. The number of benzene rings is 1. The van der Waals surface area contributed by atoms with Crippen LogP contribution in [-0.2, 0) is 11.2 Å². The van der Waals surface area contributed by atoms with Gasteiger partial charge in [-0.1, -0.05) is 42.5 Å². The van der Waals surface area contributed by atoms with Gasteiger partial charge >= 0.3 is 0 Å². The molecule has 1 amide bonds. The molecule has 2 rings (SSSR count). The first kappa shape index (κ1) is 16.1. The molecule has 0 saturated heterocycles. The van der Waals surface area contributed by atoms with Gasteiger partial charge in [-0.05, 0) is 40.0 Å². The maximum atomic E-state index is 12.3. The number of nitrogens with one attached hydrogen (secondary N) is 1. The number of hydrogen-bond donors (Lipinski definition) is 2. The summed E-state index contributed by atoms with van der Waals surface area (Å²) in [5.74, 6) is -0.722. The number of thiocarbonyl (C=S) groups is 1. The Hall–Kier alpha value is -1.24. The van der Waals surface area contributed by atoms with E-state index < -0.39 is 5.92 Å². The zero-order chi connectivity index (χ0) is 15.2. The average molecular weight is 383 g/mol. The molecule has 0 bridgehead atoms. The molecule has 0 aliphatic carbocycles. The third kappa shape index (κ3) is 4.62. The molecule has 1 unspecified atom stereocenters. The summed E-state index contributed by atoms with van der Waals surface area (Å²) in [6, 6.07) is 13.4. The van der Waals surface area contributed by atoms with Gasteiger partial charge < -0.3 is 11.1 Å². The van der Waals surface area contributed by atoms with Gasteiger partial charge in [-0.15, -0.1) is 11.3 Å². The van der Waals surface area contributed by atoms with Gasteiger partial charge in [0.2, 0.25) is 5.91 Å². The van der Waals surface area contributed by atoms with Gasteiger partial charge in [-0.3, -0.25) is 4.79 Å². The van der Waals surface area contributed by atoms with Crippen LogP contribution in [-0.4, -0.2) is 17.4 Å². The first-order valence-electron chi connectivity index (χ1n) is 6.44. The molecule has 0 aliphatic heterocycles. The Labute approximate surface area is 141 Å². The average Bonchev–Trinajstić information content (AvgIpc) is 2.85. The van der Waals surface area contributed by atoms with Crippen LogP contribution in [0.4, 0.5) is 0 Å². The SMILES string of the molecule is NC(=S)C(C(=O)NCCc1ccc(Br)s1)c1ccccc1. The first-order chi connectivity index (χ1) is 10.1. The third-order valence-corrected chi connectivity index (χ3v) is 4.90. The minimum absolute atomic E-state index is 0.149. The molecule has 6 heteroatoms. The highest BCUT2D eigenvalue weighted by Gasteiger charge is 2.22. The van der Waals surface area contributed by atoms with Crippen molar-refractivity contribution in [2.24, 2.45) is 5.73 Å². The van der Waals surface area contributed by atoms with Crippen molar-refractivity contribution in [1.82, 2.24) is 5.32 Å². The summed E-state index contributed by atoms with van der Waals surface area (Å²) in [6.45, 7) is 0.567. The number of rotatable bonds is 6. The summed E-state index contributed by atoms with van der Waals surface area (Å²) in [6.07, 6.45) is 0.793. The largest absolute Gasteiger partial charge is 0.392 e. The van der Waals surface area contributed by atoms with Crippen LogP contribution in [0, 0.1) is 0 Å². The second-order valence-corrected chi connectivity index (χ2v) is 7.51. The van der Waals surface area contributed by atoms with Crippen molar-refractivity contribution in [3.8, 4) is 0 Å². The molecular weight excluding hydrogens is 368 g/mol. The molecule has 21 heavy (non-hydrogen) atoms. The fourth-order valence-electron chi connectivity index (χ4n) is 1.99. The van der Waals surface area contributed by atoms with Crippen molar-refractivity contribution in [2.45, 2.75) is 12.3 Å². The molecule has 0 spiro atoms. The lowest BCUT2D eigenvalue weighted by Gasteiger charge is -2.15. The van der Waals surface area contributed by atoms with Crippen molar-refractivity contribution in [1.29, 1.82) is 0 Å². The van der Waals surface area contributed by atoms with Crippen LogP contribution in [0.2, 0.25) is 0 Å². The second-order valence-electron chi connectivity index (χ2n) is 4.49. The van der Waals surface area contributed by atoms with E-state index in [0.29, 0.717) is 6.54 Å². The quantitative estimate of drug-likeness (QED) is 0.753. The van der Waals surface area contributed by atoms with Crippen molar-refractivity contribution >= 4 is 50.4 Å². The number of carbonyl (C=O) groups is 1. The standard InChI is InChI=1S/C15H15BrN2OS2/c16-12-7-6-11(21-12)8-9-18-15(19)13(14(17)20)10-4-2-1-3-5-10/h1-7,13H,8-9H2,(H2,17,20)(H,18,19). The van der Waals surface area contributed by atoms with Crippen molar-refractivity contribution in [3.05, 3.63) is 56.7 Å². The lowest BCUT2D eigenvalue weighted by molar-refractivity contribution is -0.121. The molecule has 3 N–H and O–H groups in total. The fourth-order valence-corrected chi connectivity index (χ4v) is 3.71. The van der Waals surface area contributed by atoms with Crippen molar-refractivity contribution in [3.63, 3.8) is 0 Å². The van der Waals surface area contributed by atoms with Gasteiger partial charge in [0.1, 0.15) is 5.92 Å². The van der Waals surface area contributed by atoms with Gasteiger partial charge in [0.15, 0.2) is 0 Å². The van der Waals surface area contributed by atoms with Crippen LogP contribution in [0.25, 0.3) is 0 Å². The predicted octanol–water partition coefficient (Wildman–Crippen LogP) is 3.24. The summed E-state index contributed by atoms with van der Waals surface area (Å²) in [5, 5.41) is 2.91. The predicted molar refractivity (Wildman–Crippen MR) is 94.7 cm³/mol. The zero-order valence-electron chi connectivity index (χ0n) is 11.2. The molecule has 0 saturated carbocycles. The molecule has 1 aromatic carbocycles. The molecule has 1 heterocycles. The summed E-state index contributed by atoms with van der Waals surface area (Å²) < 4.78 is 1.09. The monoisotopic (exact) mass is 382 g/mol. The van der Waals surface area contributed by atoms with E-state index >= 15 is 0 Å². The number of halogens is 1. The Bertz CT molecular complexity index is 628. The molecule has 1 atom stereocenters. The maximum Gasteiger partial charge on any atom is 0.234 e. The smallest absolute Gasteiger partial charge is 0.234 e. The highest BCUT2D eigenvalue weighted by Crippen LogP contribution is 2.22. The highest BCUT2D eigenvalue weighted by atomic mass is 79.9. The minimum atomic E-state index is -0.573. The van der Waals surface area contributed by atoms with E-state index in [0.717, 1.165) is 15.8 Å². The molecule has 0 fully saturated rings. The van der Waals surface area contributed by atoms with E-state index in [1.54, 1.807) is 11.3 Å². The molecule has 0 aliphatic rings.